The molecule has 2 heterocycles. The van der Waals surface area contributed by atoms with Gasteiger partial charge in [-0.3, -0.25) is 9.80 Å². The SMILES string of the molecule is Fc1ccc(-c2nnc(CN3CCN(Cc4ccccc4F)CC3)o2)cc1. The van der Waals surface area contributed by atoms with Gasteiger partial charge in [-0.1, -0.05) is 18.2 Å². The van der Waals surface area contributed by atoms with Gasteiger partial charge in [0.25, 0.3) is 0 Å². The van der Waals surface area contributed by atoms with Crippen LogP contribution in [0.3, 0.4) is 0 Å². The topological polar surface area (TPSA) is 45.4 Å². The average Bonchev–Trinajstić information content (AvgIpc) is 3.14. The fourth-order valence-electron chi connectivity index (χ4n) is 3.19. The van der Waals surface area contributed by atoms with Gasteiger partial charge in [-0.25, -0.2) is 8.78 Å². The third kappa shape index (κ3) is 4.37. The molecule has 3 aromatic rings. The Kier molecular flexibility index (Phi) is 5.22. The van der Waals surface area contributed by atoms with Gasteiger partial charge in [0.2, 0.25) is 11.8 Å². The van der Waals surface area contributed by atoms with Crippen molar-refractivity contribution in [1.82, 2.24) is 20.0 Å². The van der Waals surface area contributed by atoms with Crippen LogP contribution in [0.2, 0.25) is 0 Å². The summed E-state index contributed by atoms with van der Waals surface area (Å²) in [5.41, 5.74) is 1.43. The molecule has 2 aromatic carbocycles. The lowest BCUT2D eigenvalue weighted by atomic mass is 10.2. The zero-order chi connectivity index (χ0) is 18.6. The predicted octanol–water partition coefficient (Wildman–Crippen LogP) is 3.33. The molecule has 4 rings (SSSR count). The highest BCUT2D eigenvalue weighted by molar-refractivity contribution is 5.51. The van der Waals surface area contributed by atoms with Crippen LogP contribution in [0, 0.1) is 11.6 Å². The maximum absolute atomic E-state index is 13.8. The van der Waals surface area contributed by atoms with E-state index in [1.165, 1.54) is 18.2 Å². The van der Waals surface area contributed by atoms with Crippen LogP contribution in [0.5, 0.6) is 0 Å². The number of aromatic nitrogens is 2. The Labute approximate surface area is 156 Å². The number of rotatable bonds is 5. The molecule has 140 valence electrons. The number of piperazine rings is 1. The highest BCUT2D eigenvalue weighted by Gasteiger charge is 2.20. The first-order valence-electron chi connectivity index (χ1n) is 8.94. The Bertz CT molecular complexity index is 889. The van der Waals surface area contributed by atoms with Crippen molar-refractivity contribution in [2.24, 2.45) is 0 Å². The van der Waals surface area contributed by atoms with E-state index in [1.54, 1.807) is 18.2 Å². The maximum Gasteiger partial charge on any atom is 0.247 e. The van der Waals surface area contributed by atoms with E-state index in [1.807, 2.05) is 12.1 Å². The largest absolute Gasteiger partial charge is 0.419 e. The number of halogens is 2. The minimum Gasteiger partial charge on any atom is -0.419 e. The first kappa shape index (κ1) is 17.8. The second-order valence-corrected chi connectivity index (χ2v) is 6.65. The zero-order valence-corrected chi connectivity index (χ0v) is 14.8. The monoisotopic (exact) mass is 370 g/mol. The number of hydrogen-bond donors (Lipinski definition) is 0. The molecule has 0 atom stereocenters. The number of benzene rings is 2. The summed E-state index contributed by atoms with van der Waals surface area (Å²) >= 11 is 0. The van der Waals surface area contributed by atoms with E-state index in [9.17, 15) is 8.78 Å². The molecule has 1 aliphatic rings. The van der Waals surface area contributed by atoms with Gasteiger partial charge in [0.05, 0.1) is 6.54 Å². The standard InChI is InChI=1S/C20H20F2N4O/c21-17-7-5-15(6-8-17)20-24-23-19(27-20)14-26-11-9-25(10-12-26)13-16-3-1-2-4-18(16)22/h1-8H,9-14H2. The highest BCUT2D eigenvalue weighted by atomic mass is 19.1. The quantitative estimate of drug-likeness (QED) is 0.689. The number of nitrogens with zero attached hydrogens (tertiary/aromatic N) is 4. The van der Waals surface area contributed by atoms with E-state index >= 15 is 0 Å². The van der Waals surface area contributed by atoms with Crippen molar-refractivity contribution in [2.45, 2.75) is 13.1 Å². The van der Waals surface area contributed by atoms with Crippen molar-refractivity contribution in [3.63, 3.8) is 0 Å². The molecule has 0 radical (unpaired) electrons. The van der Waals surface area contributed by atoms with Crippen LogP contribution in [0.4, 0.5) is 8.78 Å². The third-order valence-electron chi connectivity index (χ3n) is 4.73. The van der Waals surface area contributed by atoms with Crippen LogP contribution in [0.1, 0.15) is 11.5 Å². The summed E-state index contributed by atoms with van der Waals surface area (Å²) in [6.07, 6.45) is 0. The van der Waals surface area contributed by atoms with E-state index in [0.29, 0.717) is 30.4 Å². The second-order valence-electron chi connectivity index (χ2n) is 6.65. The lowest BCUT2D eigenvalue weighted by Gasteiger charge is -2.33. The Hall–Kier alpha value is -2.64. The molecular weight excluding hydrogens is 350 g/mol. The summed E-state index contributed by atoms with van der Waals surface area (Å²) < 4.78 is 32.5. The van der Waals surface area contributed by atoms with Gasteiger partial charge in [-0.15, -0.1) is 10.2 Å². The molecule has 1 fully saturated rings. The van der Waals surface area contributed by atoms with Crippen molar-refractivity contribution >= 4 is 0 Å². The molecule has 0 aliphatic carbocycles. The van der Waals surface area contributed by atoms with Crippen LogP contribution in [-0.4, -0.2) is 46.2 Å². The molecule has 0 N–H and O–H groups in total. The third-order valence-corrected chi connectivity index (χ3v) is 4.73. The normalized spacial score (nSPS) is 15.9. The molecule has 1 aromatic heterocycles. The van der Waals surface area contributed by atoms with E-state index in [-0.39, 0.29) is 11.6 Å². The summed E-state index contributed by atoms with van der Waals surface area (Å²) in [5.74, 6) is 0.478. The minimum atomic E-state index is -0.299. The van der Waals surface area contributed by atoms with Crippen LogP contribution in [0.15, 0.2) is 52.9 Å². The predicted molar refractivity (Wildman–Crippen MR) is 96.6 cm³/mol. The molecule has 5 nitrogen and oxygen atoms in total. The highest BCUT2D eigenvalue weighted by Crippen LogP contribution is 2.19. The van der Waals surface area contributed by atoms with Crippen molar-refractivity contribution in [1.29, 1.82) is 0 Å². The molecule has 0 bridgehead atoms. The summed E-state index contributed by atoms with van der Waals surface area (Å²) in [6.45, 7) is 4.60. The lowest BCUT2D eigenvalue weighted by molar-refractivity contribution is 0.114. The molecule has 1 aliphatic heterocycles. The van der Waals surface area contributed by atoms with Crippen LogP contribution < -0.4 is 0 Å². The molecular formula is C20H20F2N4O. The van der Waals surface area contributed by atoms with E-state index < -0.39 is 0 Å². The molecule has 7 heteroatoms. The van der Waals surface area contributed by atoms with Crippen LogP contribution >= 0.6 is 0 Å². The zero-order valence-electron chi connectivity index (χ0n) is 14.8. The van der Waals surface area contributed by atoms with Crippen molar-refractivity contribution < 1.29 is 13.2 Å². The van der Waals surface area contributed by atoms with Gasteiger partial charge in [0, 0.05) is 43.9 Å². The molecule has 0 unspecified atom stereocenters. The van der Waals surface area contributed by atoms with Gasteiger partial charge in [-0.05, 0) is 30.3 Å². The fraction of sp³-hybridized carbons (Fsp3) is 0.300. The van der Waals surface area contributed by atoms with Gasteiger partial charge in [0.15, 0.2) is 0 Å². The van der Waals surface area contributed by atoms with Crippen molar-refractivity contribution in [3.8, 4) is 11.5 Å². The first-order valence-corrected chi connectivity index (χ1v) is 8.94. The first-order chi connectivity index (χ1) is 13.2. The van der Waals surface area contributed by atoms with Gasteiger partial charge < -0.3 is 4.42 Å². The molecule has 0 spiro atoms. The van der Waals surface area contributed by atoms with E-state index in [4.69, 9.17) is 4.42 Å². The van der Waals surface area contributed by atoms with Crippen LogP contribution in [-0.2, 0) is 13.1 Å². The Balaban J connectivity index is 1.31. The number of hydrogen-bond acceptors (Lipinski definition) is 5. The second kappa shape index (κ2) is 7.94. The maximum atomic E-state index is 13.8. The summed E-state index contributed by atoms with van der Waals surface area (Å²) in [6, 6.07) is 12.9. The molecule has 1 saturated heterocycles. The fourth-order valence-corrected chi connectivity index (χ4v) is 3.19. The van der Waals surface area contributed by atoms with Crippen molar-refractivity contribution in [2.75, 3.05) is 26.2 Å². The van der Waals surface area contributed by atoms with E-state index in [2.05, 4.69) is 20.0 Å². The smallest absolute Gasteiger partial charge is 0.247 e. The van der Waals surface area contributed by atoms with Gasteiger partial charge in [-0.2, -0.15) is 0 Å². The lowest BCUT2D eigenvalue weighted by Crippen LogP contribution is -2.45. The Morgan fingerprint density at radius 3 is 2.19 bits per heavy atom. The van der Waals surface area contributed by atoms with Gasteiger partial charge >= 0.3 is 0 Å². The van der Waals surface area contributed by atoms with Crippen LogP contribution in [0.25, 0.3) is 11.5 Å². The summed E-state index contributed by atoms with van der Waals surface area (Å²) in [4.78, 5) is 4.48. The Morgan fingerprint density at radius 1 is 0.815 bits per heavy atom. The van der Waals surface area contributed by atoms with Gasteiger partial charge in [0.1, 0.15) is 11.6 Å². The molecule has 27 heavy (non-hydrogen) atoms. The van der Waals surface area contributed by atoms with Crippen molar-refractivity contribution in [3.05, 3.63) is 71.6 Å². The summed E-state index contributed by atoms with van der Waals surface area (Å²) in [5, 5.41) is 8.14. The Morgan fingerprint density at radius 2 is 1.48 bits per heavy atom. The average molecular weight is 370 g/mol. The molecule has 0 amide bonds. The summed E-state index contributed by atoms with van der Waals surface area (Å²) in [7, 11) is 0. The minimum absolute atomic E-state index is 0.154. The molecule has 0 saturated carbocycles. The van der Waals surface area contributed by atoms with E-state index in [0.717, 1.165) is 31.7 Å².